The molecule has 0 radical (unpaired) electrons. The van der Waals surface area contributed by atoms with Crippen LogP contribution in [0.15, 0.2) is 56.7 Å². The standard InChI is InChI=1S/C28H29Cl2N3O4/c1-18-13-27(34)37-25-16-26(24(30)15-22(18)25)35-12-7-5-4-6-11-31-17-23-19(2)32-33(3)28(23)36-21-10-8-9-20(29)14-21/h8-10,13-17H,4-7,11-12H2,1-3H3. The second-order valence-corrected chi connectivity index (χ2v) is 9.66. The molecule has 4 aromatic rings. The van der Waals surface area contributed by atoms with Crippen LogP contribution in [0.2, 0.25) is 10.0 Å². The zero-order valence-electron chi connectivity index (χ0n) is 21.1. The Bertz CT molecular complexity index is 1480. The predicted octanol–water partition coefficient (Wildman–Crippen LogP) is 7.30. The van der Waals surface area contributed by atoms with Crippen molar-refractivity contribution in [3.8, 4) is 17.4 Å². The fourth-order valence-electron chi connectivity index (χ4n) is 3.99. The highest BCUT2D eigenvalue weighted by Crippen LogP contribution is 2.31. The van der Waals surface area contributed by atoms with Crippen LogP contribution >= 0.6 is 23.2 Å². The lowest BCUT2D eigenvalue weighted by Gasteiger charge is -2.09. The second-order valence-electron chi connectivity index (χ2n) is 8.81. The summed E-state index contributed by atoms with van der Waals surface area (Å²) in [5.41, 5.74) is 2.62. The van der Waals surface area contributed by atoms with Crippen molar-refractivity contribution in [3.63, 3.8) is 0 Å². The Kier molecular flexibility index (Phi) is 8.90. The van der Waals surface area contributed by atoms with E-state index >= 15 is 0 Å². The van der Waals surface area contributed by atoms with E-state index in [2.05, 4.69) is 10.1 Å². The first kappa shape index (κ1) is 26.8. The van der Waals surface area contributed by atoms with Gasteiger partial charge in [-0.1, -0.05) is 35.7 Å². The monoisotopic (exact) mass is 541 g/mol. The number of nitrogens with zero attached hydrogens (tertiary/aromatic N) is 3. The maximum Gasteiger partial charge on any atom is 0.336 e. The van der Waals surface area contributed by atoms with Gasteiger partial charge in [0.15, 0.2) is 0 Å². The lowest BCUT2D eigenvalue weighted by Crippen LogP contribution is -2.01. The molecule has 37 heavy (non-hydrogen) atoms. The van der Waals surface area contributed by atoms with E-state index in [0.717, 1.165) is 47.9 Å². The molecule has 0 fully saturated rings. The molecule has 4 rings (SSSR count). The molecule has 0 atom stereocenters. The fourth-order valence-corrected chi connectivity index (χ4v) is 4.39. The van der Waals surface area contributed by atoms with Crippen LogP contribution in [-0.4, -0.2) is 29.1 Å². The number of aliphatic imine (C=N–C) groups is 1. The molecule has 2 aromatic heterocycles. The fraction of sp³-hybridized carbons (Fsp3) is 0.321. The third-order valence-corrected chi connectivity index (χ3v) is 6.42. The molecule has 0 bridgehead atoms. The zero-order valence-corrected chi connectivity index (χ0v) is 22.6. The minimum atomic E-state index is -0.385. The quantitative estimate of drug-likeness (QED) is 0.113. The average Bonchev–Trinajstić information content (AvgIpc) is 3.10. The molecule has 0 aliphatic carbocycles. The topological polar surface area (TPSA) is 78.8 Å². The van der Waals surface area contributed by atoms with E-state index in [9.17, 15) is 4.79 Å². The summed E-state index contributed by atoms with van der Waals surface area (Å²) in [5, 5.41) is 6.38. The van der Waals surface area contributed by atoms with Gasteiger partial charge in [-0.15, -0.1) is 0 Å². The van der Waals surface area contributed by atoms with Crippen LogP contribution in [-0.2, 0) is 7.05 Å². The number of halogens is 2. The van der Waals surface area contributed by atoms with Crippen molar-refractivity contribution in [1.82, 2.24) is 9.78 Å². The van der Waals surface area contributed by atoms with Gasteiger partial charge in [0.25, 0.3) is 0 Å². The van der Waals surface area contributed by atoms with Gasteiger partial charge >= 0.3 is 5.63 Å². The molecule has 194 valence electrons. The van der Waals surface area contributed by atoms with Gasteiger partial charge in [0.2, 0.25) is 5.88 Å². The van der Waals surface area contributed by atoms with Gasteiger partial charge in [0, 0.05) is 42.3 Å². The summed E-state index contributed by atoms with van der Waals surface area (Å²) in [4.78, 5) is 16.2. The Labute approximate surface area is 225 Å². The summed E-state index contributed by atoms with van der Waals surface area (Å²) < 4.78 is 18.8. The molecule has 0 saturated heterocycles. The molecule has 9 heteroatoms. The molecule has 2 aromatic carbocycles. The molecule has 0 aliphatic heterocycles. The van der Waals surface area contributed by atoms with Gasteiger partial charge < -0.3 is 13.9 Å². The predicted molar refractivity (Wildman–Crippen MR) is 148 cm³/mol. The van der Waals surface area contributed by atoms with E-state index < -0.39 is 0 Å². The molecule has 0 aliphatic rings. The first-order chi connectivity index (χ1) is 17.8. The Balaban J connectivity index is 1.22. The minimum absolute atomic E-state index is 0.385. The number of aromatic nitrogens is 2. The molecule has 7 nitrogen and oxygen atoms in total. The maximum atomic E-state index is 11.6. The summed E-state index contributed by atoms with van der Waals surface area (Å²) in [5.74, 6) is 1.80. The van der Waals surface area contributed by atoms with Crippen molar-refractivity contribution in [1.29, 1.82) is 0 Å². The van der Waals surface area contributed by atoms with E-state index in [4.69, 9.17) is 37.1 Å². The van der Waals surface area contributed by atoms with Crippen LogP contribution in [0, 0.1) is 13.8 Å². The summed E-state index contributed by atoms with van der Waals surface area (Å²) in [7, 11) is 1.84. The Morgan fingerprint density at radius 2 is 1.89 bits per heavy atom. The van der Waals surface area contributed by atoms with E-state index in [0.29, 0.717) is 46.2 Å². The summed E-state index contributed by atoms with van der Waals surface area (Å²) in [6, 6.07) is 12.2. The minimum Gasteiger partial charge on any atom is -0.492 e. The molecule has 0 unspecified atom stereocenters. The number of hydrogen-bond donors (Lipinski definition) is 0. The first-order valence-electron chi connectivity index (χ1n) is 12.2. The van der Waals surface area contributed by atoms with Crippen LogP contribution in [0.25, 0.3) is 11.0 Å². The number of hydrogen-bond acceptors (Lipinski definition) is 6. The van der Waals surface area contributed by atoms with Gasteiger partial charge in [0.05, 0.1) is 22.9 Å². The molecule has 0 saturated carbocycles. The number of benzene rings is 2. The van der Waals surface area contributed by atoms with Crippen molar-refractivity contribution >= 4 is 40.4 Å². The van der Waals surface area contributed by atoms with Crippen molar-refractivity contribution < 1.29 is 13.9 Å². The third-order valence-electron chi connectivity index (χ3n) is 5.89. The van der Waals surface area contributed by atoms with Gasteiger partial charge in [-0.25, -0.2) is 9.48 Å². The smallest absolute Gasteiger partial charge is 0.336 e. The van der Waals surface area contributed by atoms with Crippen LogP contribution < -0.4 is 15.1 Å². The van der Waals surface area contributed by atoms with Crippen LogP contribution in [0.4, 0.5) is 0 Å². The lowest BCUT2D eigenvalue weighted by molar-refractivity contribution is 0.305. The van der Waals surface area contributed by atoms with Crippen LogP contribution in [0.5, 0.6) is 17.4 Å². The number of ether oxygens (including phenoxy) is 2. The van der Waals surface area contributed by atoms with E-state index in [1.54, 1.807) is 28.9 Å². The largest absolute Gasteiger partial charge is 0.492 e. The van der Waals surface area contributed by atoms with Crippen molar-refractivity contribution in [2.45, 2.75) is 39.5 Å². The maximum absolute atomic E-state index is 11.6. The van der Waals surface area contributed by atoms with Gasteiger partial charge in [-0.3, -0.25) is 4.99 Å². The molecule has 0 spiro atoms. The van der Waals surface area contributed by atoms with E-state index in [1.807, 2.05) is 39.2 Å². The number of unbranched alkanes of at least 4 members (excludes halogenated alkanes) is 3. The zero-order chi connectivity index (χ0) is 26.4. The average molecular weight is 542 g/mol. The highest BCUT2D eigenvalue weighted by Gasteiger charge is 2.14. The Hall–Kier alpha value is -3.29. The number of aryl methyl sites for hydroxylation is 3. The normalized spacial score (nSPS) is 11.5. The highest BCUT2D eigenvalue weighted by molar-refractivity contribution is 6.32. The van der Waals surface area contributed by atoms with Crippen molar-refractivity contribution in [2.75, 3.05) is 13.2 Å². The van der Waals surface area contributed by atoms with Crippen molar-refractivity contribution in [2.24, 2.45) is 12.0 Å². The molecule has 0 N–H and O–H groups in total. The SMILES string of the molecule is Cc1nn(C)c(Oc2cccc(Cl)c2)c1C=NCCCCCCOc1cc2oc(=O)cc(C)c2cc1Cl. The second kappa shape index (κ2) is 12.3. The molecular formula is C28H29Cl2N3O4. The molecule has 2 heterocycles. The Morgan fingerprint density at radius 1 is 1.08 bits per heavy atom. The summed E-state index contributed by atoms with van der Waals surface area (Å²) >= 11 is 12.4. The van der Waals surface area contributed by atoms with Crippen LogP contribution in [0.3, 0.4) is 0 Å². The third kappa shape index (κ3) is 6.93. The first-order valence-corrected chi connectivity index (χ1v) is 12.9. The van der Waals surface area contributed by atoms with Crippen LogP contribution in [0.1, 0.15) is 42.5 Å². The number of fused-ring (bicyclic) bond motifs is 1. The summed E-state index contributed by atoms with van der Waals surface area (Å²) in [6.07, 6.45) is 5.70. The molecule has 0 amide bonds. The van der Waals surface area contributed by atoms with E-state index in [1.165, 1.54) is 6.07 Å². The number of rotatable bonds is 11. The highest BCUT2D eigenvalue weighted by atomic mass is 35.5. The molecular weight excluding hydrogens is 513 g/mol. The van der Waals surface area contributed by atoms with Crippen molar-refractivity contribution in [3.05, 3.63) is 79.8 Å². The van der Waals surface area contributed by atoms with E-state index in [-0.39, 0.29) is 5.63 Å². The van der Waals surface area contributed by atoms with Gasteiger partial charge in [0.1, 0.15) is 17.1 Å². The van der Waals surface area contributed by atoms with Gasteiger partial charge in [-0.05, 0) is 62.9 Å². The Morgan fingerprint density at radius 3 is 2.70 bits per heavy atom. The van der Waals surface area contributed by atoms with Gasteiger partial charge in [-0.2, -0.15) is 5.10 Å². The summed E-state index contributed by atoms with van der Waals surface area (Å²) in [6.45, 7) is 5.03. The lowest BCUT2D eigenvalue weighted by atomic mass is 10.1.